The van der Waals surface area contributed by atoms with Gasteiger partial charge < -0.3 is 38.2 Å². The van der Waals surface area contributed by atoms with Crippen LogP contribution in [-0.2, 0) is 18.8 Å². The van der Waals surface area contributed by atoms with Crippen molar-refractivity contribution < 1.29 is 47.2 Å². The summed E-state index contributed by atoms with van der Waals surface area (Å²) in [7, 11) is -1.39. The third-order valence-corrected chi connectivity index (χ3v) is 24.8. The van der Waals surface area contributed by atoms with E-state index in [0.717, 1.165) is 40.4 Å². The highest BCUT2D eigenvalue weighted by molar-refractivity contribution is 9.28. The Bertz CT molecular complexity index is 3040. The number of hydrogen-bond donors (Lipinski definition) is 1. The lowest BCUT2D eigenvalue weighted by atomic mass is 9.97. The highest BCUT2D eigenvalue weighted by Crippen LogP contribution is 2.47. The van der Waals surface area contributed by atoms with Crippen LogP contribution >= 0.6 is 43.5 Å². The quantitative estimate of drug-likeness (QED) is 0.0247. The summed E-state index contributed by atoms with van der Waals surface area (Å²) in [6, 6.07) is 26.2. The Hall–Kier alpha value is -5.16. The Morgan fingerprint density at radius 1 is 0.808 bits per heavy atom. The maximum atomic E-state index is 15.1. The molecule has 0 spiro atoms. The molecule has 0 bridgehead atoms. The molecule has 1 aliphatic carbocycles. The number of carbonyl (C=O) groups excluding carboxylic acids is 3. The Morgan fingerprint density at radius 2 is 1.40 bits per heavy atom. The lowest BCUT2D eigenvalue weighted by Crippen LogP contribution is -2.47. The second kappa shape index (κ2) is 26.0. The third-order valence-electron chi connectivity index (χ3n) is 14.8. The minimum Gasteiger partial charge on any atom is -0.492 e. The van der Waals surface area contributed by atoms with E-state index in [0.29, 0.717) is 25.7 Å². The standard InChI is InChI=1S/C61H75Br2ClN2O10Si2/c1-16-78(17-2,18-3)30-29-48(76-77(14,15)61(9,10)11)51(35-53(62)63)74-49-28-27-46(65-57(49)64)47(34-54(67)72-36-45-41-25-21-19-23-39(41)40-24-20-22-26-42(40)45)66-58(68)44-33-43-38(31-50(44)75-59(69)60(6,7)8)32-52(73-37(4)5)56(71-13)55(43)70-12/h19-28,31-33,35,37,45,47-48,51H,16-18,34,36H2,1-15H3,(H,66,68)/t47-,48+,51+/m1/s1. The SMILES string of the molecule is CC[Si](C#C[C@H](O[Si](C)(C)C(C)(C)C)[C@H](C=C(Br)Br)Oc1ccc([C@@H](CC(=O)OCC2c3ccccc3-c3ccccc32)NC(=O)c2cc3c(OC)c(OC)c(OC(C)C)cc3cc2OC(=O)C(C)(C)C)nc1Cl)(CC)CC. The molecule has 1 aliphatic rings. The van der Waals surface area contributed by atoms with Crippen LogP contribution in [0.5, 0.6) is 28.7 Å². The van der Waals surface area contributed by atoms with Crippen molar-refractivity contribution in [3.63, 3.8) is 0 Å². The van der Waals surface area contributed by atoms with Crippen LogP contribution in [-0.4, -0.2) is 78.4 Å². The van der Waals surface area contributed by atoms with E-state index in [-0.39, 0.29) is 63.7 Å². The van der Waals surface area contributed by atoms with E-state index in [1.165, 1.54) is 14.2 Å². The molecule has 0 aliphatic heterocycles. The summed E-state index contributed by atoms with van der Waals surface area (Å²) >= 11 is 14.3. The van der Waals surface area contributed by atoms with Crippen molar-refractivity contribution in [2.75, 3.05) is 20.8 Å². The van der Waals surface area contributed by atoms with Crippen LogP contribution in [0.15, 0.2) is 88.3 Å². The van der Waals surface area contributed by atoms with Gasteiger partial charge in [0.1, 0.15) is 26.5 Å². The van der Waals surface area contributed by atoms with Gasteiger partial charge in [0.05, 0.1) is 52.9 Å². The van der Waals surface area contributed by atoms with Crippen molar-refractivity contribution in [3.8, 4) is 51.3 Å². The fourth-order valence-corrected chi connectivity index (χ4v) is 13.4. The predicted octanol–water partition coefficient (Wildman–Crippen LogP) is 15.7. The molecule has 0 saturated heterocycles. The molecule has 0 radical (unpaired) electrons. The van der Waals surface area contributed by atoms with Crippen molar-refractivity contribution >= 4 is 88.5 Å². The number of aromatic nitrogens is 1. The Morgan fingerprint density at radius 3 is 1.92 bits per heavy atom. The molecule has 17 heteroatoms. The van der Waals surface area contributed by atoms with E-state index in [1.54, 1.807) is 51.1 Å². The van der Waals surface area contributed by atoms with Crippen LogP contribution in [0.1, 0.15) is 122 Å². The fraction of sp³-hybridized carbons (Fsp3) is 0.443. The smallest absolute Gasteiger partial charge is 0.316 e. The molecule has 1 N–H and O–H groups in total. The number of pyridine rings is 1. The van der Waals surface area contributed by atoms with Gasteiger partial charge in [-0.25, -0.2) is 4.98 Å². The van der Waals surface area contributed by atoms with Gasteiger partial charge >= 0.3 is 11.9 Å². The lowest BCUT2D eigenvalue weighted by Gasteiger charge is -2.39. The van der Waals surface area contributed by atoms with E-state index in [4.69, 9.17) is 49.4 Å². The summed E-state index contributed by atoms with van der Waals surface area (Å²) in [5.74, 6) is 2.64. The number of nitrogens with one attached hydrogen (secondary N) is 1. The van der Waals surface area contributed by atoms with Crippen molar-refractivity contribution in [1.29, 1.82) is 0 Å². The number of halogens is 3. The molecule has 6 rings (SSSR count). The van der Waals surface area contributed by atoms with Gasteiger partial charge in [0, 0.05) is 11.3 Å². The molecule has 5 aromatic rings. The Balaban J connectivity index is 1.44. The topological polar surface area (TPSA) is 141 Å². The molecule has 0 fully saturated rings. The lowest BCUT2D eigenvalue weighted by molar-refractivity contribution is -0.144. The average molecular weight is 1250 g/mol. The van der Waals surface area contributed by atoms with Crippen LogP contribution in [0.2, 0.25) is 41.4 Å². The second-order valence-corrected chi connectivity index (χ2v) is 35.2. The number of ether oxygens (including phenoxy) is 6. The highest BCUT2D eigenvalue weighted by atomic mass is 79.9. The molecule has 1 aromatic heterocycles. The largest absolute Gasteiger partial charge is 0.492 e. The number of esters is 2. The van der Waals surface area contributed by atoms with E-state index in [1.807, 2.05) is 56.3 Å². The summed E-state index contributed by atoms with van der Waals surface area (Å²) < 4.78 is 44.5. The number of hydrogen-bond acceptors (Lipinski definition) is 11. The van der Waals surface area contributed by atoms with E-state index < -0.39 is 57.9 Å². The minimum absolute atomic E-state index is 0.0354. The van der Waals surface area contributed by atoms with Gasteiger partial charge in [0.2, 0.25) is 5.75 Å². The van der Waals surface area contributed by atoms with Crippen LogP contribution in [0.3, 0.4) is 0 Å². The molecule has 0 unspecified atom stereocenters. The molecule has 4 aromatic carbocycles. The first kappa shape index (κ1) is 62.0. The second-order valence-electron chi connectivity index (χ2n) is 22.4. The van der Waals surface area contributed by atoms with Gasteiger partial charge in [-0.3, -0.25) is 14.4 Å². The molecule has 78 heavy (non-hydrogen) atoms. The number of fused-ring (bicyclic) bond motifs is 4. The zero-order valence-corrected chi connectivity index (χ0v) is 53.6. The van der Waals surface area contributed by atoms with Gasteiger partial charge in [-0.05, 0) is 167 Å². The van der Waals surface area contributed by atoms with Crippen LogP contribution in [0.4, 0.5) is 0 Å². The Labute approximate surface area is 485 Å². The number of nitrogens with zero attached hydrogens (tertiary/aromatic N) is 1. The molecular formula is C61H75Br2ClN2O10Si2. The van der Waals surface area contributed by atoms with Crippen LogP contribution in [0, 0.1) is 16.9 Å². The zero-order chi connectivity index (χ0) is 57.5. The van der Waals surface area contributed by atoms with E-state index in [9.17, 15) is 9.59 Å². The summed E-state index contributed by atoms with van der Waals surface area (Å²) in [5, 5.41) is 3.87. The van der Waals surface area contributed by atoms with Crippen molar-refractivity contribution in [2.24, 2.45) is 5.41 Å². The summed E-state index contributed by atoms with van der Waals surface area (Å²) in [6.07, 6.45) is -0.173. The summed E-state index contributed by atoms with van der Waals surface area (Å²) in [5.41, 5.74) is 7.26. The molecule has 0 saturated carbocycles. The normalized spacial score (nSPS) is 13.8. The van der Waals surface area contributed by atoms with Gasteiger partial charge in [0.15, 0.2) is 36.8 Å². The monoisotopic (exact) mass is 1240 g/mol. The first-order valence-electron chi connectivity index (χ1n) is 26.5. The molecule has 3 atom stereocenters. The number of rotatable bonds is 21. The highest BCUT2D eigenvalue weighted by Gasteiger charge is 2.42. The number of benzene rings is 4. The van der Waals surface area contributed by atoms with E-state index in [2.05, 4.69) is 115 Å². The van der Waals surface area contributed by atoms with Gasteiger partial charge in [-0.15, -0.1) is 5.54 Å². The predicted molar refractivity (Wildman–Crippen MR) is 324 cm³/mol. The Kier molecular flexibility index (Phi) is 20.7. The number of amides is 1. The van der Waals surface area contributed by atoms with E-state index >= 15 is 4.79 Å². The molecule has 1 amide bonds. The summed E-state index contributed by atoms with van der Waals surface area (Å²) in [6.45, 7) is 26.5. The van der Waals surface area contributed by atoms with Gasteiger partial charge in [-0.2, -0.15) is 0 Å². The first-order valence-corrected chi connectivity index (χ1v) is 34.0. The fourth-order valence-electron chi connectivity index (χ4n) is 9.00. The average Bonchev–Trinajstić information content (AvgIpc) is 3.80. The maximum absolute atomic E-state index is 15.1. The van der Waals surface area contributed by atoms with Crippen LogP contribution < -0.4 is 29.0 Å². The summed E-state index contributed by atoms with van der Waals surface area (Å²) in [4.78, 5) is 47.9. The van der Waals surface area contributed by atoms with Crippen molar-refractivity contribution in [3.05, 3.63) is 116 Å². The van der Waals surface area contributed by atoms with Crippen molar-refractivity contribution in [2.45, 2.75) is 149 Å². The van der Waals surface area contributed by atoms with Gasteiger partial charge in [-0.1, -0.05) is 108 Å². The van der Waals surface area contributed by atoms with Crippen LogP contribution in [0.25, 0.3) is 21.9 Å². The first-order chi connectivity index (χ1) is 36.7. The third kappa shape index (κ3) is 14.6. The number of methoxy groups -OCH3 is 2. The maximum Gasteiger partial charge on any atom is 0.316 e. The minimum atomic E-state index is -2.44. The zero-order valence-electron chi connectivity index (χ0n) is 47.7. The molecular weight excluding hydrogens is 1170 g/mol. The van der Waals surface area contributed by atoms with Crippen molar-refractivity contribution in [1.82, 2.24) is 10.3 Å². The van der Waals surface area contributed by atoms with Gasteiger partial charge in [0.25, 0.3) is 5.91 Å². The number of carbonyl (C=O) groups is 3. The molecule has 1 heterocycles. The molecule has 418 valence electrons. The molecule has 12 nitrogen and oxygen atoms in total.